The van der Waals surface area contributed by atoms with Crippen molar-refractivity contribution in [2.45, 2.75) is 13.2 Å². The molecular weight excluding hydrogens is 224 g/mol. The maximum absolute atomic E-state index is 11.3. The van der Waals surface area contributed by atoms with Gasteiger partial charge < -0.3 is 19.7 Å². The molecule has 5 nitrogen and oxygen atoms in total. The zero-order chi connectivity index (χ0) is 12.7. The molecule has 0 aliphatic rings. The van der Waals surface area contributed by atoms with Gasteiger partial charge in [-0.1, -0.05) is 18.2 Å². The maximum atomic E-state index is 11.3. The molecule has 17 heavy (non-hydrogen) atoms. The molecule has 0 aliphatic carbocycles. The van der Waals surface area contributed by atoms with Gasteiger partial charge in [-0.25, -0.2) is 4.79 Å². The van der Waals surface area contributed by atoms with Gasteiger partial charge in [-0.3, -0.25) is 0 Å². The minimum atomic E-state index is -1.51. The van der Waals surface area contributed by atoms with Gasteiger partial charge in [0.05, 0.1) is 5.57 Å². The molecule has 0 saturated heterocycles. The molecule has 0 bridgehead atoms. The Labute approximate surface area is 98.9 Å². The van der Waals surface area contributed by atoms with Crippen LogP contribution in [-0.4, -0.2) is 29.1 Å². The van der Waals surface area contributed by atoms with E-state index < -0.39 is 18.9 Å². The first-order chi connectivity index (χ1) is 8.13. The van der Waals surface area contributed by atoms with Gasteiger partial charge in [-0.15, -0.1) is 0 Å². The average molecular weight is 238 g/mol. The number of esters is 1. The van der Waals surface area contributed by atoms with Gasteiger partial charge in [-0.2, -0.15) is 0 Å². The monoisotopic (exact) mass is 238 g/mol. The predicted octanol–water partition coefficient (Wildman–Crippen LogP) is 0.823. The third-order valence-corrected chi connectivity index (χ3v) is 1.84. The van der Waals surface area contributed by atoms with Crippen LogP contribution < -0.4 is 4.74 Å². The Morgan fingerprint density at radius 1 is 1.41 bits per heavy atom. The van der Waals surface area contributed by atoms with Crippen LogP contribution in [0.15, 0.2) is 42.2 Å². The van der Waals surface area contributed by atoms with Crippen LogP contribution in [-0.2, 0) is 9.53 Å². The summed E-state index contributed by atoms with van der Waals surface area (Å²) in [5.41, 5.74) is 0.182. The molecule has 0 aliphatic heterocycles. The lowest BCUT2D eigenvalue weighted by atomic mass is 10.3. The van der Waals surface area contributed by atoms with E-state index in [2.05, 4.69) is 4.74 Å². The largest absolute Gasteiger partial charge is 0.464 e. The van der Waals surface area contributed by atoms with Crippen molar-refractivity contribution in [3.63, 3.8) is 0 Å². The highest BCUT2D eigenvalue weighted by atomic mass is 16.6. The Morgan fingerprint density at radius 3 is 2.65 bits per heavy atom. The zero-order valence-corrected chi connectivity index (χ0v) is 9.37. The molecule has 0 heterocycles. The van der Waals surface area contributed by atoms with Crippen LogP contribution in [0.5, 0.6) is 5.75 Å². The molecule has 1 atom stereocenters. The summed E-state index contributed by atoms with van der Waals surface area (Å²) >= 11 is 0. The van der Waals surface area contributed by atoms with Gasteiger partial charge in [-0.05, 0) is 19.1 Å². The lowest BCUT2D eigenvalue weighted by Gasteiger charge is -2.09. The van der Waals surface area contributed by atoms with E-state index in [0.717, 1.165) is 0 Å². The number of aliphatic hydroxyl groups is 2. The second-order valence-corrected chi connectivity index (χ2v) is 3.27. The highest BCUT2D eigenvalue weighted by Crippen LogP contribution is 2.10. The van der Waals surface area contributed by atoms with E-state index in [-0.39, 0.29) is 5.57 Å². The van der Waals surface area contributed by atoms with Crippen LogP contribution in [0.3, 0.4) is 0 Å². The molecule has 0 spiro atoms. The minimum absolute atomic E-state index is 0.182. The van der Waals surface area contributed by atoms with E-state index >= 15 is 0 Å². The number of carbonyl (C=O) groups is 1. The summed E-state index contributed by atoms with van der Waals surface area (Å²) in [7, 11) is 0. The molecule has 1 unspecified atom stereocenters. The molecule has 0 radical (unpaired) electrons. The van der Waals surface area contributed by atoms with Crippen LogP contribution in [0.25, 0.3) is 0 Å². The van der Waals surface area contributed by atoms with Gasteiger partial charge in [0.1, 0.15) is 18.6 Å². The summed E-state index contributed by atoms with van der Waals surface area (Å²) in [6.45, 7) is 0.841. The number of rotatable bonds is 5. The number of para-hydroxylation sites is 1. The van der Waals surface area contributed by atoms with Crippen LogP contribution in [0.4, 0.5) is 0 Å². The zero-order valence-electron chi connectivity index (χ0n) is 9.37. The first-order valence-electron chi connectivity index (χ1n) is 5.02. The summed E-state index contributed by atoms with van der Waals surface area (Å²) in [6.07, 6.45) is -0.288. The Kier molecular flexibility index (Phi) is 5.19. The summed E-state index contributed by atoms with van der Waals surface area (Å²) in [5, 5.41) is 17.4. The van der Waals surface area contributed by atoms with Crippen LogP contribution in [0.1, 0.15) is 6.92 Å². The number of aliphatic hydroxyl groups excluding tert-OH is 2. The lowest BCUT2D eigenvalue weighted by molar-refractivity contribution is -0.168. The third-order valence-electron chi connectivity index (χ3n) is 1.84. The van der Waals surface area contributed by atoms with Crippen molar-refractivity contribution in [2.24, 2.45) is 0 Å². The van der Waals surface area contributed by atoms with Crippen molar-refractivity contribution in [1.82, 2.24) is 0 Å². The van der Waals surface area contributed by atoms with Crippen molar-refractivity contribution in [3.05, 3.63) is 42.2 Å². The van der Waals surface area contributed by atoms with Crippen molar-refractivity contribution in [3.8, 4) is 5.75 Å². The average Bonchev–Trinajstić information content (AvgIpc) is 2.36. The van der Waals surface area contributed by atoms with Crippen molar-refractivity contribution >= 4 is 5.97 Å². The van der Waals surface area contributed by atoms with Crippen molar-refractivity contribution in [2.75, 3.05) is 6.61 Å². The highest BCUT2D eigenvalue weighted by Gasteiger charge is 2.11. The molecule has 0 amide bonds. The molecule has 92 valence electrons. The SMILES string of the molecule is C/C(=C\Oc1ccccc1)C(=O)OC(O)CO. The molecule has 0 saturated carbocycles. The van der Waals surface area contributed by atoms with Crippen LogP contribution in [0, 0.1) is 0 Å². The Hall–Kier alpha value is -1.85. The number of hydrogen-bond donors (Lipinski definition) is 2. The third kappa shape index (κ3) is 4.67. The van der Waals surface area contributed by atoms with Crippen LogP contribution in [0.2, 0.25) is 0 Å². The summed E-state index contributed by atoms with van der Waals surface area (Å²) in [5.74, 6) is -0.162. The maximum Gasteiger partial charge on any atom is 0.339 e. The fourth-order valence-corrected chi connectivity index (χ4v) is 0.957. The van der Waals surface area contributed by atoms with E-state index in [9.17, 15) is 4.79 Å². The van der Waals surface area contributed by atoms with Gasteiger partial charge in [0.15, 0.2) is 0 Å². The smallest absolute Gasteiger partial charge is 0.339 e. The van der Waals surface area contributed by atoms with Gasteiger partial charge >= 0.3 is 5.97 Å². The first kappa shape index (κ1) is 13.2. The Morgan fingerprint density at radius 2 is 2.06 bits per heavy atom. The molecule has 0 aromatic heterocycles. The van der Waals surface area contributed by atoms with Gasteiger partial charge in [0, 0.05) is 0 Å². The van der Waals surface area contributed by atoms with Gasteiger partial charge in [0.2, 0.25) is 6.29 Å². The minimum Gasteiger partial charge on any atom is -0.464 e. The molecule has 0 fully saturated rings. The molecule has 1 aromatic rings. The van der Waals surface area contributed by atoms with E-state index in [0.29, 0.717) is 5.75 Å². The number of hydrogen-bond acceptors (Lipinski definition) is 5. The Bertz CT molecular complexity index is 385. The standard InChI is InChI=1S/C12H14O5/c1-9(12(15)17-11(14)7-13)8-16-10-5-3-2-4-6-10/h2-6,8,11,13-14H,7H2,1H3/b9-8+. The fourth-order valence-electron chi connectivity index (χ4n) is 0.957. The van der Waals surface area contributed by atoms with Crippen molar-refractivity contribution < 1.29 is 24.5 Å². The number of benzene rings is 1. The molecule has 1 rings (SSSR count). The van der Waals surface area contributed by atoms with E-state index in [1.165, 1.54) is 13.2 Å². The summed E-state index contributed by atoms with van der Waals surface area (Å²) < 4.78 is 9.67. The summed E-state index contributed by atoms with van der Waals surface area (Å²) in [4.78, 5) is 11.3. The Balaban J connectivity index is 2.52. The normalized spacial score (nSPS) is 13.0. The molecule has 5 heteroatoms. The van der Waals surface area contributed by atoms with E-state index in [1.54, 1.807) is 24.3 Å². The highest BCUT2D eigenvalue weighted by molar-refractivity contribution is 5.87. The lowest BCUT2D eigenvalue weighted by Crippen LogP contribution is -2.21. The van der Waals surface area contributed by atoms with Crippen molar-refractivity contribution in [1.29, 1.82) is 0 Å². The van der Waals surface area contributed by atoms with Crippen LogP contribution >= 0.6 is 0 Å². The fraction of sp³-hybridized carbons (Fsp3) is 0.250. The second kappa shape index (κ2) is 6.67. The predicted molar refractivity (Wildman–Crippen MR) is 60.0 cm³/mol. The van der Waals surface area contributed by atoms with E-state index in [4.69, 9.17) is 14.9 Å². The quantitative estimate of drug-likeness (QED) is 0.344. The molecule has 2 N–H and O–H groups in total. The molecular formula is C12H14O5. The number of ether oxygens (including phenoxy) is 2. The molecule has 1 aromatic carbocycles. The number of carbonyl (C=O) groups excluding carboxylic acids is 1. The summed E-state index contributed by atoms with van der Waals surface area (Å²) in [6, 6.07) is 8.91. The van der Waals surface area contributed by atoms with Gasteiger partial charge in [0.25, 0.3) is 0 Å². The first-order valence-corrected chi connectivity index (χ1v) is 5.02. The van der Waals surface area contributed by atoms with E-state index in [1.807, 2.05) is 6.07 Å². The second-order valence-electron chi connectivity index (χ2n) is 3.27. The topological polar surface area (TPSA) is 76.0 Å².